The molecule has 4 saturated carbocycles. The fourth-order valence-electron chi connectivity index (χ4n) is 10.9. The molecule has 5 aliphatic rings. The van der Waals surface area contributed by atoms with E-state index in [0.717, 1.165) is 61.6 Å². The first-order chi connectivity index (χ1) is 17.7. The highest BCUT2D eigenvalue weighted by atomic mass is 32.2. The molecule has 37 heavy (non-hydrogen) atoms. The average molecular weight is 532 g/mol. The molecule has 0 aromatic carbocycles. The van der Waals surface area contributed by atoms with E-state index in [1.165, 1.54) is 76.3 Å². The van der Waals surface area contributed by atoms with E-state index in [2.05, 4.69) is 55.9 Å². The van der Waals surface area contributed by atoms with Crippen LogP contribution in [-0.2, 0) is 0 Å². The Morgan fingerprint density at radius 1 is 0.973 bits per heavy atom. The summed E-state index contributed by atoms with van der Waals surface area (Å²) in [5.41, 5.74) is 1.13. The zero-order chi connectivity index (χ0) is 26.4. The molecular formula is C32H57N3OS. The van der Waals surface area contributed by atoms with Crippen LogP contribution in [0.5, 0.6) is 0 Å². The van der Waals surface area contributed by atoms with Crippen LogP contribution in [0.3, 0.4) is 0 Å². The Kier molecular flexibility index (Phi) is 8.53. The van der Waals surface area contributed by atoms with Crippen LogP contribution in [0, 0.1) is 64.1 Å². The third kappa shape index (κ3) is 5.23. The molecule has 8 unspecified atom stereocenters. The van der Waals surface area contributed by atoms with Gasteiger partial charge in [-0.15, -0.1) is 0 Å². The second-order valence-corrected chi connectivity index (χ2v) is 15.8. The number of carbonyl (C=O) groups is 1. The van der Waals surface area contributed by atoms with E-state index in [9.17, 15) is 4.79 Å². The maximum absolute atomic E-state index is 12.4. The van der Waals surface area contributed by atoms with Crippen molar-refractivity contribution in [3.05, 3.63) is 0 Å². The number of rotatable bonds is 7. The zero-order valence-electron chi connectivity index (χ0n) is 24.9. The largest absolute Gasteiger partial charge is 0.337 e. The first kappa shape index (κ1) is 28.1. The first-order valence-electron chi connectivity index (χ1n) is 16.1. The van der Waals surface area contributed by atoms with Crippen LogP contribution in [0.25, 0.3) is 0 Å². The van der Waals surface area contributed by atoms with Crippen LogP contribution in [0.4, 0.5) is 4.79 Å². The fourth-order valence-corrected chi connectivity index (χ4v) is 11.8. The molecule has 0 aromatic rings. The van der Waals surface area contributed by atoms with Gasteiger partial charge in [0.2, 0.25) is 0 Å². The van der Waals surface area contributed by atoms with Crippen molar-refractivity contribution >= 4 is 18.2 Å². The van der Waals surface area contributed by atoms with E-state index < -0.39 is 0 Å². The number of urea groups is 1. The Morgan fingerprint density at radius 2 is 1.70 bits per heavy atom. The summed E-state index contributed by atoms with van der Waals surface area (Å²) in [6, 6.07) is -0.0245. The number of amides is 2. The summed E-state index contributed by atoms with van der Waals surface area (Å²) in [7, 11) is 0. The highest BCUT2D eigenvalue weighted by Crippen LogP contribution is 2.69. The zero-order valence-corrected chi connectivity index (χ0v) is 25.7. The van der Waals surface area contributed by atoms with Crippen LogP contribution >= 0.6 is 12.1 Å². The van der Waals surface area contributed by atoms with Crippen LogP contribution in [-0.4, -0.2) is 30.0 Å². The van der Waals surface area contributed by atoms with Gasteiger partial charge in [-0.2, -0.15) is 0 Å². The Labute approximate surface area is 232 Å². The van der Waals surface area contributed by atoms with Gasteiger partial charge in [0.1, 0.15) is 0 Å². The number of nitrogens with zero attached hydrogens (tertiary/aromatic N) is 1. The lowest BCUT2D eigenvalue weighted by molar-refractivity contribution is -0.138. The second kappa shape index (κ2) is 11.2. The van der Waals surface area contributed by atoms with Crippen LogP contribution in [0.15, 0.2) is 0 Å². The third-order valence-electron chi connectivity index (χ3n) is 13.1. The summed E-state index contributed by atoms with van der Waals surface area (Å²) < 4.78 is 5.31. The van der Waals surface area contributed by atoms with Gasteiger partial charge < -0.3 is 5.32 Å². The standard InChI is InChI=1S/C32H57N3OS/c1-7-24-18-25-28-12-11-26(32(28,6)16-13-29(25)31(5)15-9-8-10-27(24)31)21(2)14-17-33-30(36)34-37-35-19-22(3)23(4)20-35/h21-29H,7-20H2,1-6H3,(H2,33,34,36)/t21-,22?,23?,24+,25?,26?,27?,28?,29+,31?,32?/m1/s1. The van der Waals surface area contributed by atoms with Gasteiger partial charge in [-0.1, -0.05) is 60.8 Å². The predicted molar refractivity (Wildman–Crippen MR) is 157 cm³/mol. The molecule has 212 valence electrons. The van der Waals surface area contributed by atoms with Crippen molar-refractivity contribution in [1.29, 1.82) is 0 Å². The van der Waals surface area contributed by atoms with Gasteiger partial charge in [0.05, 0.1) is 0 Å². The molecule has 0 aromatic heterocycles. The maximum atomic E-state index is 12.4. The topological polar surface area (TPSA) is 44.4 Å². The van der Waals surface area contributed by atoms with E-state index in [1.54, 1.807) is 0 Å². The molecule has 2 N–H and O–H groups in total. The van der Waals surface area contributed by atoms with E-state index in [1.807, 2.05) is 0 Å². The van der Waals surface area contributed by atoms with Gasteiger partial charge in [-0.3, -0.25) is 4.72 Å². The normalized spacial score (nSPS) is 46.5. The Balaban J connectivity index is 1.14. The molecule has 5 fully saturated rings. The molecule has 0 spiro atoms. The van der Waals surface area contributed by atoms with Gasteiger partial charge in [0.15, 0.2) is 0 Å². The number of fused-ring (bicyclic) bond motifs is 5. The van der Waals surface area contributed by atoms with E-state index in [-0.39, 0.29) is 6.03 Å². The number of hydrogen-bond donors (Lipinski definition) is 2. The molecule has 5 rings (SSSR count). The van der Waals surface area contributed by atoms with Crippen molar-refractivity contribution in [2.75, 3.05) is 19.6 Å². The summed E-state index contributed by atoms with van der Waals surface area (Å²) in [6.45, 7) is 17.9. The summed E-state index contributed by atoms with van der Waals surface area (Å²) in [5, 5.41) is 3.17. The summed E-state index contributed by atoms with van der Waals surface area (Å²) >= 11 is 1.49. The monoisotopic (exact) mass is 531 g/mol. The summed E-state index contributed by atoms with van der Waals surface area (Å²) in [5.74, 6) is 7.78. The van der Waals surface area contributed by atoms with Gasteiger partial charge in [0.25, 0.3) is 0 Å². The highest BCUT2D eigenvalue weighted by Gasteiger charge is 2.61. The number of hydrogen-bond acceptors (Lipinski definition) is 3. The van der Waals surface area contributed by atoms with Crippen LogP contribution in [0.2, 0.25) is 0 Å². The minimum Gasteiger partial charge on any atom is -0.337 e. The average Bonchev–Trinajstić information content (AvgIpc) is 3.39. The van der Waals surface area contributed by atoms with Crippen molar-refractivity contribution in [2.24, 2.45) is 64.1 Å². The summed E-state index contributed by atoms with van der Waals surface area (Å²) in [4.78, 5) is 12.4. The Hall–Kier alpha value is -0.420. The molecule has 1 aliphatic heterocycles. The predicted octanol–water partition coefficient (Wildman–Crippen LogP) is 8.15. The maximum Gasteiger partial charge on any atom is 0.325 e. The van der Waals surface area contributed by atoms with Crippen molar-refractivity contribution < 1.29 is 4.79 Å². The smallest absolute Gasteiger partial charge is 0.325 e. The lowest BCUT2D eigenvalue weighted by Crippen LogP contribution is -2.55. The lowest BCUT2D eigenvalue weighted by Gasteiger charge is -2.63. The van der Waals surface area contributed by atoms with Crippen LogP contribution in [0.1, 0.15) is 112 Å². The molecule has 1 saturated heterocycles. The van der Waals surface area contributed by atoms with E-state index >= 15 is 0 Å². The SMILES string of the molecule is CC[C@H]1CC2C3CCC([C@H](C)CCNC(=O)NSN4CC(C)C(C)C4)C3(C)CC[C@@H]2C2(C)CCCCC12. The molecule has 0 radical (unpaired) electrons. The molecule has 1 heterocycles. The summed E-state index contributed by atoms with van der Waals surface area (Å²) in [6.07, 6.45) is 15.8. The molecular weight excluding hydrogens is 474 g/mol. The quantitative estimate of drug-likeness (QED) is 0.326. The van der Waals surface area contributed by atoms with Crippen molar-refractivity contribution in [3.8, 4) is 0 Å². The molecule has 0 bridgehead atoms. The minimum atomic E-state index is -0.0245. The third-order valence-corrected chi connectivity index (χ3v) is 14.0. The van der Waals surface area contributed by atoms with Gasteiger partial charge in [-0.05, 0) is 115 Å². The van der Waals surface area contributed by atoms with E-state index in [4.69, 9.17) is 0 Å². The second-order valence-electron chi connectivity index (χ2n) is 14.9. The number of carbonyl (C=O) groups excluding carboxylic acids is 1. The fraction of sp³-hybridized carbons (Fsp3) is 0.969. The van der Waals surface area contributed by atoms with E-state index in [0.29, 0.717) is 28.6 Å². The Bertz CT molecular complexity index is 797. The Morgan fingerprint density at radius 3 is 2.43 bits per heavy atom. The molecule has 2 amide bonds. The van der Waals surface area contributed by atoms with Crippen molar-refractivity contribution in [1.82, 2.24) is 14.3 Å². The highest BCUT2D eigenvalue weighted by molar-refractivity contribution is 7.95. The van der Waals surface area contributed by atoms with Gasteiger partial charge in [0, 0.05) is 31.8 Å². The molecule has 5 heteroatoms. The van der Waals surface area contributed by atoms with Gasteiger partial charge in [-0.25, -0.2) is 9.10 Å². The molecule has 4 nitrogen and oxygen atoms in total. The van der Waals surface area contributed by atoms with Crippen molar-refractivity contribution in [3.63, 3.8) is 0 Å². The molecule has 4 aliphatic carbocycles. The first-order valence-corrected chi connectivity index (χ1v) is 16.9. The van der Waals surface area contributed by atoms with Crippen molar-refractivity contribution in [2.45, 2.75) is 112 Å². The molecule has 11 atom stereocenters. The van der Waals surface area contributed by atoms with Gasteiger partial charge >= 0.3 is 6.03 Å². The number of nitrogens with one attached hydrogen (secondary N) is 2. The minimum absolute atomic E-state index is 0.0245. The lowest BCUT2D eigenvalue weighted by atomic mass is 9.42. The van der Waals surface area contributed by atoms with Crippen LogP contribution < -0.4 is 10.0 Å².